The Morgan fingerprint density at radius 3 is 2.57 bits per heavy atom. The summed E-state index contributed by atoms with van der Waals surface area (Å²) in [6.07, 6.45) is 4.21. The Labute approximate surface area is 129 Å². The minimum Gasteiger partial charge on any atom is -0.491 e. The lowest BCUT2D eigenvalue weighted by atomic mass is 10.1. The normalized spacial score (nSPS) is 18.6. The molecule has 3 N–H and O–H groups in total. The van der Waals surface area contributed by atoms with Crippen molar-refractivity contribution in [3.05, 3.63) is 29.8 Å². The first kappa shape index (κ1) is 16.5. The van der Waals surface area contributed by atoms with E-state index in [0.29, 0.717) is 24.0 Å². The van der Waals surface area contributed by atoms with Crippen molar-refractivity contribution >= 4 is 10.8 Å². The lowest BCUT2D eigenvalue weighted by Crippen LogP contribution is -2.26. The summed E-state index contributed by atoms with van der Waals surface area (Å²) in [5.74, 6) is 2.31. The molecule has 0 saturated heterocycles. The first-order valence-electron chi connectivity index (χ1n) is 7.62. The van der Waals surface area contributed by atoms with Crippen molar-refractivity contribution in [3.8, 4) is 5.75 Å². The maximum Gasteiger partial charge on any atom is 0.119 e. The topological polar surface area (TPSA) is 72.6 Å². The van der Waals surface area contributed by atoms with Gasteiger partial charge in [0.25, 0.3) is 0 Å². The molecule has 0 heterocycles. The number of ether oxygens (including phenoxy) is 1. The molecule has 4 nitrogen and oxygen atoms in total. The predicted octanol–water partition coefficient (Wildman–Crippen LogP) is 1.82. The monoisotopic (exact) mass is 311 g/mol. The van der Waals surface area contributed by atoms with E-state index in [0.717, 1.165) is 11.3 Å². The third-order valence-electron chi connectivity index (χ3n) is 3.88. The van der Waals surface area contributed by atoms with Crippen LogP contribution in [0.3, 0.4) is 0 Å². The molecular formula is C16H25NO3S. The number of benzene rings is 1. The summed E-state index contributed by atoms with van der Waals surface area (Å²) in [5.41, 5.74) is 6.57. The Kier molecular flexibility index (Phi) is 6.67. The summed E-state index contributed by atoms with van der Waals surface area (Å²) in [6, 6.07) is 7.48. The van der Waals surface area contributed by atoms with Gasteiger partial charge in [-0.05, 0) is 36.5 Å². The van der Waals surface area contributed by atoms with Crippen molar-refractivity contribution in [1.82, 2.24) is 0 Å². The van der Waals surface area contributed by atoms with Crippen LogP contribution in [0.15, 0.2) is 24.3 Å². The summed E-state index contributed by atoms with van der Waals surface area (Å²) >= 11 is 0. The van der Waals surface area contributed by atoms with Crippen molar-refractivity contribution in [1.29, 1.82) is 0 Å². The van der Waals surface area contributed by atoms with Crippen LogP contribution >= 0.6 is 0 Å². The Morgan fingerprint density at radius 1 is 1.29 bits per heavy atom. The Bertz CT molecular complexity index is 443. The second-order valence-electron chi connectivity index (χ2n) is 5.74. The second kappa shape index (κ2) is 8.51. The molecule has 0 radical (unpaired) electrons. The van der Waals surface area contributed by atoms with E-state index < -0.39 is 16.9 Å². The molecule has 2 rings (SSSR count). The molecule has 2 atom stereocenters. The summed E-state index contributed by atoms with van der Waals surface area (Å²) in [5, 5.41) is 9.92. The highest BCUT2D eigenvalue weighted by Crippen LogP contribution is 2.25. The number of hydrogen-bond acceptors (Lipinski definition) is 4. The van der Waals surface area contributed by atoms with Crippen LogP contribution in [0.1, 0.15) is 31.2 Å². The van der Waals surface area contributed by atoms with Gasteiger partial charge in [0.05, 0.1) is 11.9 Å². The van der Waals surface area contributed by atoms with Gasteiger partial charge in [0.2, 0.25) is 0 Å². The van der Waals surface area contributed by atoms with E-state index in [4.69, 9.17) is 10.5 Å². The molecule has 1 aromatic rings. The first-order valence-corrected chi connectivity index (χ1v) is 9.11. The highest BCUT2D eigenvalue weighted by Gasteiger charge is 2.19. The summed E-state index contributed by atoms with van der Waals surface area (Å²) in [4.78, 5) is 0. The van der Waals surface area contributed by atoms with Crippen LogP contribution in [-0.4, -0.2) is 33.5 Å². The maximum atomic E-state index is 12.0. The summed E-state index contributed by atoms with van der Waals surface area (Å²) in [7, 11) is -0.949. The van der Waals surface area contributed by atoms with E-state index in [9.17, 15) is 9.32 Å². The molecule has 0 aliphatic heterocycles. The fourth-order valence-corrected chi connectivity index (χ4v) is 4.21. The highest BCUT2D eigenvalue weighted by atomic mass is 32.2. The molecule has 0 aromatic heterocycles. The largest absolute Gasteiger partial charge is 0.491 e. The van der Waals surface area contributed by atoms with E-state index in [2.05, 4.69) is 0 Å². The highest BCUT2D eigenvalue weighted by molar-refractivity contribution is 7.85. The van der Waals surface area contributed by atoms with Gasteiger partial charge in [-0.3, -0.25) is 4.21 Å². The van der Waals surface area contributed by atoms with Crippen molar-refractivity contribution in [2.75, 3.05) is 18.1 Å². The van der Waals surface area contributed by atoms with Crippen molar-refractivity contribution in [3.63, 3.8) is 0 Å². The van der Waals surface area contributed by atoms with Gasteiger partial charge in [-0.15, -0.1) is 0 Å². The molecule has 5 heteroatoms. The van der Waals surface area contributed by atoms with Crippen LogP contribution in [0.4, 0.5) is 0 Å². The number of rotatable bonds is 8. The van der Waals surface area contributed by atoms with Crippen molar-refractivity contribution in [2.45, 2.75) is 38.3 Å². The van der Waals surface area contributed by atoms with Crippen LogP contribution in [0.2, 0.25) is 0 Å². The molecule has 1 saturated carbocycles. The molecule has 0 bridgehead atoms. The van der Waals surface area contributed by atoms with E-state index in [1.54, 1.807) is 0 Å². The van der Waals surface area contributed by atoms with Crippen molar-refractivity contribution < 1.29 is 14.1 Å². The molecule has 118 valence electrons. The molecule has 2 unspecified atom stereocenters. The average Bonchev–Trinajstić information content (AvgIpc) is 2.98. The molecule has 0 amide bonds. The van der Waals surface area contributed by atoms with Crippen LogP contribution in [-0.2, 0) is 17.3 Å². The number of aliphatic hydroxyl groups is 1. The minimum absolute atomic E-state index is 0.179. The molecule has 0 spiro atoms. The van der Waals surface area contributed by atoms with Crippen molar-refractivity contribution in [2.24, 2.45) is 11.7 Å². The van der Waals surface area contributed by atoms with Crippen LogP contribution in [0.25, 0.3) is 0 Å². The molecule has 1 aliphatic rings. The predicted molar refractivity (Wildman–Crippen MR) is 85.7 cm³/mol. The Morgan fingerprint density at radius 2 is 1.95 bits per heavy atom. The SMILES string of the molecule is NCc1ccc(OCC(O)CS(=O)CC2CCCC2)cc1. The van der Waals surface area contributed by atoms with Gasteiger partial charge < -0.3 is 15.6 Å². The van der Waals surface area contributed by atoms with Gasteiger partial charge >= 0.3 is 0 Å². The molecule has 1 aliphatic carbocycles. The van der Waals surface area contributed by atoms with Gasteiger partial charge in [0.15, 0.2) is 0 Å². The van der Waals surface area contributed by atoms with Crippen LogP contribution in [0, 0.1) is 5.92 Å². The molecule has 1 aromatic carbocycles. The second-order valence-corrected chi connectivity index (χ2v) is 7.28. The Hall–Kier alpha value is -0.910. The van der Waals surface area contributed by atoms with Crippen LogP contribution < -0.4 is 10.5 Å². The van der Waals surface area contributed by atoms with Gasteiger partial charge in [-0.1, -0.05) is 25.0 Å². The number of hydrogen-bond donors (Lipinski definition) is 2. The smallest absolute Gasteiger partial charge is 0.119 e. The van der Waals surface area contributed by atoms with E-state index >= 15 is 0 Å². The minimum atomic E-state index is -0.949. The zero-order chi connectivity index (χ0) is 15.1. The van der Waals surface area contributed by atoms with E-state index in [-0.39, 0.29) is 6.61 Å². The van der Waals surface area contributed by atoms with Gasteiger partial charge in [-0.25, -0.2) is 0 Å². The number of nitrogens with two attached hydrogens (primary N) is 1. The van der Waals surface area contributed by atoms with Gasteiger partial charge in [0, 0.05) is 23.1 Å². The third kappa shape index (κ3) is 5.77. The first-order chi connectivity index (χ1) is 10.2. The average molecular weight is 311 g/mol. The molecule has 21 heavy (non-hydrogen) atoms. The maximum absolute atomic E-state index is 12.0. The standard InChI is InChI=1S/C16H25NO3S/c17-9-13-5-7-16(8-6-13)20-10-15(18)12-21(19)11-14-3-1-2-4-14/h5-8,14-15,18H,1-4,9-12,17H2. The van der Waals surface area contributed by atoms with Gasteiger partial charge in [0.1, 0.15) is 12.4 Å². The zero-order valence-electron chi connectivity index (χ0n) is 12.4. The Balaban J connectivity index is 1.68. The summed E-state index contributed by atoms with van der Waals surface area (Å²) in [6.45, 7) is 0.682. The quantitative estimate of drug-likeness (QED) is 0.768. The lowest BCUT2D eigenvalue weighted by Gasteiger charge is -2.14. The number of aliphatic hydroxyl groups excluding tert-OH is 1. The summed E-state index contributed by atoms with van der Waals surface area (Å²) < 4.78 is 17.5. The van der Waals surface area contributed by atoms with Crippen LogP contribution in [0.5, 0.6) is 5.75 Å². The molecule has 1 fully saturated rings. The fourth-order valence-electron chi connectivity index (χ4n) is 2.68. The lowest BCUT2D eigenvalue weighted by molar-refractivity contribution is 0.125. The molecular weight excluding hydrogens is 286 g/mol. The van der Waals surface area contributed by atoms with E-state index in [1.807, 2.05) is 24.3 Å². The third-order valence-corrected chi connectivity index (χ3v) is 5.48. The zero-order valence-corrected chi connectivity index (χ0v) is 13.2. The van der Waals surface area contributed by atoms with Gasteiger partial charge in [-0.2, -0.15) is 0 Å². The fraction of sp³-hybridized carbons (Fsp3) is 0.625. The van der Waals surface area contributed by atoms with E-state index in [1.165, 1.54) is 25.7 Å².